The Morgan fingerprint density at radius 1 is 1.30 bits per heavy atom. The minimum atomic E-state index is 0.0381. The van der Waals surface area contributed by atoms with Crippen LogP contribution in [0.1, 0.15) is 51.0 Å². The Hall–Kier alpha value is -0.570. The van der Waals surface area contributed by atoms with Gasteiger partial charge in [0.2, 0.25) is 0 Å². The number of ether oxygens (including phenoxy) is 2. The van der Waals surface area contributed by atoms with Gasteiger partial charge in [-0.25, -0.2) is 0 Å². The monoisotopic (exact) mass is 294 g/mol. The van der Waals surface area contributed by atoms with E-state index in [0.29, 0.717) is 12.7 Å². The number of hydrogen-bond acceptors (Lipinski definition) is 2. The van der Waals surface area contributed by atoms with Gasteiger partial charge in [-0.15, -0.1) is 0 Å². The van der Waals surface area contributed by atoms with Crippen LogP contribution >= 0.6 is 11.6 Å². The number of benzene rings is 1. The van der Waals surface area contributed by atoms with E-state index in [0.717, 1.165) is 29.8 Å². The Morgan fingerprint density at radius 3 is 2.90 bits per heavy atom. The Morgan fingerprint density at radius 2 is 2.15 bits per heavy atom. The largest absolute Gasteiger partial charge is 0.370 e. The fourth-order valence-corrected chi connectivity index (χ4v) is 3.62. The van der Waals surface area contributed by atoms with E-state index < -0.39 is 0 Å². The van der Waals surface area contributed by atoms with Crippen molar-refractivity contribution in [3.8, 4) is 0 Å². The highest BCUT2D eigenvalue weighted by Crippen LogP contribution is 2.54. The molecule has 0 bridgehead atoms. The van der Waals surface area contributed by atoms with Crippen molar-refractivity contribution in [3.63, 3.8) is 0 Å². The van der Waals surface area contributed by atoms with Gasteiger partial charge in [0, 0.05) is 5.02 Å². The number of rotatable bonds is 7. The van der Waals surface area contributed by atoms with Gasteiger partial charge in [-0.3, -0.25) is 0 Å². The number of halogens is 1. The molecule has 0 spiro atoms. The third-order valence-electron chi connectivity index (χ3n) is 4.65. The summed E-state index contributed by atoms with van der Waals surface area (Å²) in [6.45, 7) is 2.83. The third kappa shape index (κ3) is 2.74. The van der Waals surface area contributed by atoms with Gasteiger partial charge in [-0.2, -0.15) is 0 Å². The second-order valence-electron chi connectivity index (χ2n) is 5.99. The minimum Gasteiger partial charge on any atom is -0.370 e. The lowest BCUT2D eigenvalue weighted by molar-refractivity contribution is -0.0213. The van der Waals surface area contributed by atoms with Crippen molar-refractivity contribution in [3.05, 3.63) is 34.9 Å². The maximum absolute atomic E-state index is 6.18. The summed E-state index contributed by atoms with van der Waals surface area (Å²) in [5.41, 5.74) is 1.11. The number of epoxide rings is 1. The highest BCUT2D eigenvalue weighted by atomic mass is 35.5. The molecule has 0 N–H and O–H groups in total. The fourth-order valence-electron chi connectivity index (χ4n) is 3.43. The predicted molar refractivity (Wildman–Crippen MR) is 81.0 cm³/mol. The molecule has 3 heteroatoms. The van der Waals surface area contributed by atoms with Crippen molar-refractivity contribution in [2.75, 3.05) is 0 Å². The summed E-state index contributed by atoms with van der Waals surface area (Å²) in [4.78, 5) is 0. The van der Waals surface area contributed by atoms with Crippen LogP contribution in [0.4, 0.5) is 0 Å². The number of unbranched alkanes of at least 4 members (excludes halogenated alkanes) is 2. The first-order chi connectivity index (χ1) is 9.76. The van der Waals surface area contributed by atoms with Crippen LogP contribution in [0.25, 0.3) is 0 Å². The van der Waals surface area contributed by atoms with Crippen LogP contribution < -0.4 is 0 Å². The van der Waals surface area contributed by atoms with Gasteiger partial charge in [0.1, 0.15) is 5.60 Å². The molecule has 1 aromatic carbocycles. The normalized spacial score (nSPS) is 31.3. The molecule has 1 aromatic rings. The molecule has 3 atom stereocenters. The van der Waals surface area contributed by atoms with E-state index in [-0.39, 0.29) is 11.7 Å². The fraction of sp³-hybridized carbons (Fsp3) is 0.647. The van der Waals surface area contributed by atoms with Gasteiger partial charge in [-0.05, 0) is 30.9 Å². The third-order valence-corrected chi connectivity index (χ3v) is 5.02. The second-order valence-corrected chi connectivity index (χ2v) is 6.39. The zero-order chi connectivity index (χ0) is 14.0. The Kier molecular flexibility index (Phi) is 4.34. The van der Waals surface area contributed by atoms with Gasteiger partial charge in [0.25, 0.3) is 0 Å². The molecule has 1 heterocycles. The average molecular weight is 295 g/mol. The summed E-state index contributed by atoms with van der Waals surface area (Å²) >= 11 is 6.18. The summed E-state index contributed by atoms with van der Waals surface area (Å²) in [7, 11) is 0. The van der Waals surface area contributed by atoms with E-state index in [2.05, 4.69) is 6.92 Å². The standard InChI is InChI=1S/C17H23ClO2/c1-2-3-6-11-17-15(9-10-16(17)20-17)19-12-13-7-4-5-8-14(13)18/h4-5,7-8,15-16H,2-3,6,9-12H2,1H3/t15-,16+,17+/m0/s1. The molecule has 0 unspecified atom stereocenters. The van der Waals surface area contributed by atoms with Crippen molar-refractivity contribution in [1.29, 1.82) is 0 Å². The lowest BCUT2D eigenvalue weighted by atomic mass is 9.97. The van der Waals surface area contributed by atoms with E-state index in [9.17, 15) is 0 Å². The molecule has 2 nitrogen and oxygen atoms in total. The van der Waals surface area contributed by atoms with E-state index >= 15 is 0 Å². The van der Waals surface area contributed by atoms with Crippen molar-refractivity contribution < 1.29 is 9.47 Å². The van der Waals surface area contributed by atoms with Crippen LogP contribution in [0.15, 0.2) is 24.3 Å². The maximum Gasteiger partial charge on any atom is 0.121 e. The summed E-state index contributed by atoms with van der Waals surface area (Å²) in [6.07, 6.45) is 7.93. The minimum absolute atomic E-state index is 0.0381. The van der Waals surface area contributed by atoms with E-state index in [1.807, 2.05) is 24.3 Å². The quantitative estimate of drug-likeness (QED) is 0.535. The first-order valence-corrected chi connectivity index (χ1v) is 8.17. The lowest BCUT2D eigenvalue weighted by Gasteiger charge is -2.21. The zero-order valence-electron chi connectivity index (χ0n) is 12.1. The second kappa shape index (κ2) is 6.05. The van der Waals surface area contributed by atoms with E-state index in [1.165, 1.54) is 19.3 Å². The van der Waals surface area contributed by atoms with Crippen LogP contribution in [0.5, 0.6) is 0 Å². The lowest BCUT2D eigenvalue weighted by Crippen LogP contribution is -2.30. The molecule has 2 fully saturated rings. The molecule has 2 aliphatic rings. The Labute approximate surface area is 126 Å². The molecular weight excluding hydrogens is 272 g/mol. The van der Waals surface area contributed by atoms with Gasteiger partial charge < -0.3 is 9.47 Å². The summed E-state index contributed by atoms with van der Waals surface area (Å²) in [5, 5.41) is 0.791. The topological polar surface area (TPSA) is 21.8 Å². The molecule has 1 saturated heterocycles. The molecule has 1 aliphatic carbocycles. The first kappa shape index (κ1) is 14.4. The summed E-state index contributed by atoms with van der Waals surface area (Å²) < 4.78 is 12.1. The van der Waals surface area contributed by atoms with Crippen LogP contribution in [0, 0.1) is 0 Å². The molecule has 1 aliphatic heterocycles. The molecule has 0 aromatic heterocycles. The molecule has 0 amide bonds. The van der Waals surface area contributed by atoms with Crippen molar-refractivity contribution in [2.24, 2.45) is 0 Å². The molecule has 20 heavy (non-hydrogen) atoms. The van der Waals surface area contributed by atoms with Crippen LogP contribution in [-0.4, -0.2) is 17.8 Å². The van der Waals surface area contributed by atoms with Gasteiger partial charge in [0.15, 0.2) is 0 Å². The smallest absolute Gasteiger partial charge is 0.121 e. The van der Waals surface area contributed by atoms with Crippen molar-refractivity contribution >= 4 is 11.6 Å². The number of hydrogen-bond donors (Lipinski definition) is 0. The predicted octanol–water partition coefficient (Wildman–Crippen LogP) is 4.74. The van der Waals surface area contributed by atoms with E-state index in [1.54, 1.807) is 0 Å². The highest BCUT2D eigenvalue weighted by molar-refractivity contribution is 6.31. The molecule has 3 rings (SSSR count). The van der Waals surface area contributed by atoms with Crippen LogP contribution in [0.2, 0.25) is 5.02 Å². The van der Waals surface area contributed by atoms with Gasteiger partial charge >= 0.3 is 0 Å². The van der Waals surface area contributed by atoms with Gasteiger partial charge in [0.05, 0.1) is 18.8 Å². The zero-order valence-corrected chi connectivity index (χ0v) is 12.9. The van der Waals surface area contributed by atoms with E-state index in [4.69, 9.17) is 21.1 Å². The summed E-state index contributed by atoms with van der Waals surface area (Å²) in [6, 6.07) is 7.91. The average Bonchev–Trinajstić information content (AvgIpc) is 3.06. The highest BCUT2D eigenvalue weighted by Gasteiger charge is 2.65. The molecule has 110 valence electrons. The van der Waals surface area contributed by atoms with Crippen molar-refractivity contribution in [2.45, 2.75) is 69.9 Å². The Balaban J connectivity index is 1.56. The SMILES string of the molecule is CCCCC[C@]12O[C@@H]1CC[C@@H]2OCc1ccccc1Cl. The molecule has 1 saturated carbocycles. The number of fused-ring (bicyclic) bond motifs is 1. The van der Waals surface area contributed by atoms with Crippen molar-refractivity contribution in [1.82, 2.24) is 0 Å². The molecular formula is C17H23ClO2. The van der Waals surface area contributed by atoms with Crippen LogP contribution in [-0.2, 0) is 16.1 Å². The summed E-state index contributed by atoms with van der Waals surface area (Å²) in [5.74, 6) is 0. The van der Waals surface area contributed by atoms with Gasteiger partial charge in [-0.1, -0.05) is 56.0 Å². The van der Waals surface area contributed by atoms with Crippen LogP contribution in [0.3, 0.4) is 0 Å². The first-order valence-electron chi connectivity index (χ1n) is 7.79. The maximum atomic E-state index is 6.18. The Bertz CT molecular complexity index is 462. The molecule has 0 radical (unpaired) electrons.